The number of hydrogen-bond acceptors (Lipinski definition) is 8. The molecule has 2 atom stereocenters. The Bertz CT molecular complexity index is 1380. The maximum absolute atomic E-state index is 14.5. The number of oxazole rings is 1. The van der Waals surface area contributed by atoms with E-state index in [-0.39, 0.29) is 46.6 Å². The van der Waals surface area contributed by atoms with Crippen LogP contribution in [0.2, 0.25) is 0 Å². The Morgan fingerprint density at radius 3 is 2.52 bits per heavy atom. The Labute approximate surface area is 226 Å². The lowest BCUT2D eigenvalue weighted by Crippen LogP contribution is -2.36. The third-order valence-electron chi connectivity index (χ3n) is 5.93. The van der Waals surface area contributed by atoms with Crippen molar-refractivity contribution in [1.82, 2.24) is 10.3 Å². The minimum absolute atomic E-state index is 0.0328. The molecule has 3 aromatic rings. The highest BCUT2D eigenvalue weighted by Gasteiger charge is 2.31. The standard InChI is InChI=1S/C27H27F4N3O6/c1-3-37-26(36)21(17-8-7-16(28)11-18(17)29)33-24(35)22-23(13(2)32)40-25(34-22)15-6-9-19(39-27(30)31)20(10-15)38-12-14-4-5-14/h6-11,13-14,21,27H,3-5,12,32H2,1-2H3,(H,33,35)/t13-,21-/m0/s1. The fraction of sp³-hybridized carbons (Fsp3) is 0.370. The molecule has 4 rings (SSSR count). The first kappa shape index (κ1) is 28.9. The summed E-state index contributed by atoms with van der Waals surface area (Å²) < 4.78 is 74.8. The molecule has 0 spiro atoms. The lowest BCUT2D eigenvalue weighted by Gasteiger charge is -2.18. The Hall–Kier alpha value is -4.13. The summed E-state index contributed by atoms with van der Waals surface area (Å²) in [7, 11) is 0. The van der Waals surface area contributed by atoms with Crippen LogP contribution in [0.25, 0.3) is 11.5 Å². The lowest BCUT2D eigenvalue weighted by atomic mass is 10.1. The second-order valence-electron chi connectivity index (χ2n) is 9.14. The van der Waals surface area contributed by atoms with Gasteiger partial charge in [0.1, 0.15) is 11.6 Å². The van der Waals surface area contributed by atoms with Crippen LogP contribution in [-0.4, -0.2) is 36.7 Å². The van der Waals surface area contributed by atoms with Gasteiger partial charge in [-0.25, -0.2) is 18.6 Å². The van der Waals surface area contributed by atoms with Crippen LogP contribution in [0.3, 0.4) is 0 Å². The molecular weight excluding hydrogens is 538 g/mol. The smallest absolute Gasteiger partial charge is 0.387 e. The van der Waals surface area contributed by atoms with Gasteiger partial charge in [-0.15, -0.1) is 0 Å². The first-order chi connectivity index (χ1) is 19.1. The van der Waals surface area contributed by atoms with E-state index in [1.54, 1.807) is 0 Å². The van der Waals surface area contributed by atoms with Gasteiger partial charge in [0.05, 0.1) is 19.3 Å². The zero-order chi connectivity index (χ0) is 29.0. The predicted octanol–water partition coefficient (Wildman–Crippen LogP) is 5.06. The number of rotatable bonds is 12. The zero-order valence-corrected chi connectivity index (χ0v) is 21.6. The molecule has 13 heteroatoms. The normalized spacial score (nSPS) is 14.5. The molecule has 40 heavy (non-hydrogen) atoms. The second kappa shape index (κ2) is 12.4. The molecule has 0 radical (unpaired) electrons. The molecule has 0 aliphatic heterocycles. The number of alkyl halides is 2. The molecule has 0 bridgehead atoms. The fourth-order valence-corrected chi connectivity index (χ4v) is 3.79. The number of carbonyl (C=O) groups excluding carboxylic acids is 2. The highest BCUT2D eigenvalue weighted by Crippen LogP contribution is 2.37. The zero-order valence-electron chi connectivity index (χ0n) is 21.6. The lowest BCUT2D eigenvalue weighted by molar-refractivity contribution is -0.145. The van der Waals surface area contributed by atoms with Crippen molar-refractivity contribution in [3.8, 4) is 23.0 Å². The molecule has 2 aromatic carbocycles. The molecular formula is C27H27F4N3O6. The molecule has 1 aromatic heterocycles. The van der Waals surface area contributed by atoms with Crippen LogP contribution in [0, 0.1) is 17.6 Å². The van der Waals surface area contributed by atoms with Gasteiger partial charge in [-0.3, -0.25) is 4.79 Å². The quantitative estimate of drug-likeness (QED) is 0.231. The van der Waals surface area contributed by atoms with Gasteiger partial charge in [0, 0.05) is 17.2 Å². The summed E-state index contributed by atoms with van der Waals surface area (Å²) in [5, 5.41) is 2.35. The van der Waals surface area contributed by atoms with E-state index >= 15 is 0 Å². The van der Waals surface area contributed by atoms with E-state index in [1.165, 1.54) is 32.0 Å². The van der Waals surface area contributed by atoms with E-state index in [9.17, 15) is 27.2 Å². The van der Waals surface area contributed by atoms with E-state index in [1.807, 2.05) is 0 Å². The third-order valence-corrected chi connectivity index (χ3v) is 5.93. The van der Waals surface area contributed by atoms with Crippen LogP contribution in [0.15, 0.2) is 40.8 Å². The number of halogens is 4. The van der Waals surface area contributed by atoms with Crippen LogP contribution in [0.4, 0.5) is 17.6 Å². The number of benzene rings is 2. The Morgan fingerprint density at radius 1 is 1.15 bits per heavy atom. The van der Waals surface area contributed by atoms with E-state index in [0.29, 0.717) is 18.6 Å². The molecule has 1 fully saturated rings. The van der Waals surface area contributed by atoms with Crippen molar-refractivity contribution >= 4 is 11.9 Å². The first-order valence-corrected chi connectivity index (χ1v) is 12.5. The highest BCUT2D eigenvalue weighted by atomic mass is 19.3. The summed E-state index contributed by atoms with van der Waals surface area (Å²) in [5.41, 5.74) is 5.62. The van der Waals surface area contributed by atoms with Crippen LogP contribution < -0.4 is 20.5 Å². The number of carbonyl (C=O) groups is 2. The van der Waals surface area contributed by atoms with Crippen molar-refractivity contribution in [3.05, 3.63) is 65.1 Å². The molecule has 1 heterocycles. The molecule has 1 saturated carbocycles. The van der Waals surface area contributed by atoms with Gasteiger partial charge in [-0.2, -0.15) is 8.78 Å². The van der Waals surface area contributed by atoms with Crippen LogP contribution in [-0.2, 0) is 9.53 Å². The van der Waals surface area contributed by atoms with Gasteiger partial charge in [-0.05, 0) is 56.9 Å². The molecule has 1 amide bonds. The SMILES string of the molecule is CCOC(=O)[C@@H](NC(=O)c1nc(-c2ccc(OC(F)F)c(OCC3CC3)c2)oc1[C@H](C)N)c1ccc(F)cc1F. The second-order valence-corrected chi connectivity index (χ2v) is 9.14. The first-order valence-electron chi connectivity index (χ1n) is 12.5. The summed E-state index contributed by atoms with van der Waals surface area (Å²) in [6, 6.07) is 4.05. The summed E-state index contributed by atoms with van der Waals surface area (Å²) in [6.07, 6.45) is 1.94. The van der Waals surface area contributed by atoms with Crippen molar-refractivity contribution in [3.63, 3.8) is 0 Å². The molecule has 0 unspecified atom stereocenters. The van der Waals surface area contributed by atoms with E-state index in [2.05, 4.69) is 15.0 Å². The van der Waals surface area contributed by atoms with Gasteiger partial charge in [0.2, 0.25) is 5.89 Å². The third kappa shape index (κ3) is 6.89. The van der Waals surface area contributed by atoms with Crippen molar-refractivity contribution in [2.75, 3.05) is 13.2 Å². The number of nitrogens with one attached hydrogen (secondary N) is 1. The molecule has 0 saturated heterocycles. The molecule has 9 nitrogen and oxygen atoms in total. The molecule has 1 aliphatic carbocycles. The van der Waals surface area contributed by atoms with Crippen molar-refractivity contribution < 1.29 is 45.8 Å². The summed E-state index contributed by atoms with van der Waals surface area (Å²) in [4.78, 5) is 30.1. The molecule has 214 valence electrons. The number of nitrogens with two attached hydrogens (primary N) is 1. The predicted molar refractivity (Wildman–Crippen MR) is 133 cm³/mol. The minimum atomic E-state index is -3.07. The van der Waals surface area contributed by atoms with Crippen molar-refractivity contribution in [1.29, 1.82) is 0 Å². The molecule has 3 N–H and O–H groups in total. The van der Waals surface area contributed by atoms with Gasteiger partial charge in [0.25, 0.3) is 5.91 Å². The topological polar surface area (TPSA) is 126 Å². The highest BCUT2D eigenvalue weighted by molar-refractivity contribution is 5.97. The van der Waals surface area contributed by atoms with E-state index < -0.39 is 42.2 Å². The average Bonchev–Trinajstić information content (AvgIpc) is 3.61. The molecule has 1 aliphatic rings. The number of amides is 1. The number of esters is 1. The maximum Gasteiger partial charge on any atom is 0.387 e. The number of ether oxygens (including phenoxy) is 3. The number of nitrogens with zero attached hydrogens (tertiary/aromatic N) is 1. The summed E-state index contributed by atoms with van der Waals surface area (Å²) in [5.74, 6) is -3.88. The van der Waals surface area contributed by atoms with Crippen LogP contribution >= 0.6 is 0 Å². The monoisotopic (exact) mass is 565 g/mol. The Kier molecular flexibility index (Phi) is 8.93. The van der Waals surface area contributed by atoms with Gasteiger partial charge < -0.3 is 29.7 Å². The van der Waals surface area contributed by atoms with Crippen molar-refractivity contribution in [2.45, 2.75) is 45.4 Å². The van der Waals surface area contributed by atoms with Gasteiger partial charge >= 0.3 is 12.6 Å². The van der Waals surface area contributed by atoms with E-state index in [4.69, 9.17) is 19.6 Å². The Balaban J connectivity index is 1.66. The number of aromatic nitrogens is 1. The average molecular weight is 566 g/mol. The fourth-order valence-electron chi connectivity index (χ4n) is 3.79. The minimum Gasteiger partial charge on any atom is -0.489 e. The van der Waals surface area contributed by atoms with Crippen molar-refractivity contribution in [2.24, 2.45) is 11.7 Å². The van der Waals surface area contributed by atoms with E-state index in [0.717, 1.165) is 25.0 Å². The largest absolute Gasteiger partial charge is 0.489 e. The van der Waals surface area contributed by atoms with Gasteiger partial charge in [-0.1, -0.05) is 6.07 Å². The number of hydrogen-bond donors (Lipinski definition) is 2. The van der Waals surface area contributed by atoms with Crippen LogP contribution in [0.5, 0.6) is 11.5 Å². The maximum atomic E-state index is 14.5. The van der Waals surface area contributed by atoms with Crippen LogP contribution in [0.1, 0.15) is 60.6 Å². The summed E-state index contributed by atoms with van der Waals surface area (Å²) >= 11 is 0. The van der Waals surface area contributed by atoms with Gasteiger partial charge in [0.15, 0.2) is 29.0 Å². The summed E-state index contributed by atoms with van der Waals surface area (Å²) in [6.45, 7) is 0.212. The Morgan fingerprint density at radius 2 is 1.90 bits per heavy atom.